The van der Waals surface area contributed by atoms with Crippen molar-refractivity contribution < 1.29 is 32.3 Å². The summed E-state index contributed by atoms with van der Waals surface area (Å²) in [5.41, 5.74) is 2.68. The lowest BCUT2D eigenvalue weighted by atomic mass is 9.95. The predicted molar refractivity (Wildman–Crippen MR) is 165 cm³/mol. The number of rotatable bonds is 7. The Morgan fingerprint density at radius 1 is 1.00 bits per heavy atom. The SMILES string of the molecule is CC(=O)N1CC=C(c2ccnc(C(=O)N[C@H](C)c3ccc(-c4cc(C(F)(F)F)ccc4CNC(=O)OC(C)(C)C)cc3)c2)CC1. The van der Waals surface area contributed by atoms with Crippen LogP contribution >= 0.6 is 0 Å². The lowest BCUT2D eigenvalue weighted by Gasteiger charge is -2.25. The normalized spacial score (nSPS) is 14.3. The number of halogens is 3. The number of nitrogens with one attached hydrogen (secondary N) is 2. The summed E-state index contributed by atoms with van der Waals surface area (Å²) >= 11 is 0. The average Bonchev–Trinajstić information content (AvgIpc) is 2.98. The topological polar surface area (TPSA) is 101 Å². The van der Waals surface area contributed by atoms with Crippen LogP contribution in [0.15, 0.2) is 66.9 Å². The van der Waals surface area contributed by atoms with Crippen molar-refractivity contribution in [1.29, 1.82) is 0 Å². The number of aromatic nitrogens is 1. The quantitative estimate of drug-likeness (QED) is 0.298. The Hall–Kier alpha value is -4.67. The van der Waals surface area contributed by atoms with E-state index >= 15 is 0 Å². The maximum Gasteiger partial charge on any atom is 0.416 e. The van der Waals surface area contributed by atoms with Crippen LogP contribution in [0.3, 0.4) is 0 Å². The number of carbonyl (C=O) groups is 3. The minimum atomic E-state index is -4.54. The standard InChI is InChI=1S/C34H37F3N4O4/c1-21(40-31(43)30-18-26(12-15-38-30)24-13-16-41(17-14-24)22(2)42)23-6-8-25(9-7-23)29-19-28(34(35,36)37)11-10-27(29)20-39-32(44)45-33(3,4)5/h6-13,15,18-19,21H,14,16-17,20H2,1-5H3,(H,39,44)(H,40,43)/t21-/m1/s1. The van der Waals surface area contributed by atoms with Crippen molar-refractivity contribution in [1.82, 2.24) is 20.5 Å². The Morgan fingerprint density at radius 3 is 2.31 bits per heavy atom. The van der Waals surface area contributed by atoms with E-state index in [1.165, 1.54) is 13.0 Å². The molecular formula is C34H37F3N4O4. The third-order valence-electron chi connectivity index (χ3n) is 7.35. The summed E-state index contributed by atoms with van der Waals surface area (Å²) in [5, 5.41) is 5.54. The first-order valence-electron chi connectivity index (χ1n) is 14.6. The second kappa shape index (κ2) is 13.5. The van der Waals surface area contributed by atoms with Crippen LogP contribution < -0.4 is 10.6 Å². The van der Waals surface area contributed by atoms with Crippen molar-refractivity contribution in [2.45, 2.75) is 65.4 Å². The Kier molecular flexibility index (Phi) is 10.00. The van der Waals surface area contributed by atoms with Crippen molar-refractivity contribution in [3.05, 3.63) is 94.8 Å². The number of alkyl carbamates (subject to hydrolysis) is 1. The van der Waals surface area contributed by atoms with E-state index in [2.05, 4.69) is 15.6 Å². The molecule has 0 unspecified atom stereocenters. The molecular weight excluding hydrogens is 585 g/mol. The molecule has 1 aliphatic heterocycles. The van der Waals surface area contributed by atoms with Crippen molar-refractivity contribution in [3.63, 3.8) is 0 Å². The van der Waals surface area contributed by atoms with Gasteiger partial charge in [0, 0.05) is 32.8 Å². The molecule has 0 radical (unpaired) electrons. The summed E-state index contributed by atoms with van der Waals surface area (Å²) in [6.07, 6.45) is -0.985. The van der Waals surface area contributed by atoms with Crippen LogP contribution in [0.4, 0.5) is 18.0 Å². The second-order valence-electron chi connectivity index (χ2n) is 11.9. The largest absolute Gasteiger partial charge is 0.444 e. The first-order chi connectivity index (χ1) is 21.1. The molecule has 1 aromatic heterocycles. The molecule has 238 valence electrons. The fraction of sp³-hybridized carbons (Fsp3) is 0.353. The molecule has 3 aromatic rings. The van der Waals surface area contributed by atoms with Crippen molar-refractivity contribution in [2.75, 3.05) is 13.1 Å². The molecule has 1 aliphatic rings. The molecule has 0 spiro atoms. The highest BCUT2D eigenvalue weighted by Gasteiger charge is 2.31. The number of benzene rings is 2. The van der Waals surface area contributed by atoms with Crippen LogP contribution in [0.1, 0.15) is 79.8 Å². The van der Waals surface area contributed by atoms with Crippen LogP contribution in [0.5, 0.6) is 0 Å². The fourth-order valence-corrected chi connectivity index (χ4v) is 4.93. The van der Waals surface area contributed by atoms with E-state index in [1.54, 1.807) is 69.1 Å². The maximum atomic E-state index is 13.6. The number of hydrogen-bond acceptors (Lipinski definition) is 5. The average molecular weight is 623 g/mol. The van der Waals surface area contributed by atoms with Crippen molar-refractivity contribution >= 4 is 23.5 Å². The highest BCUT2D eigenvalue weighted by atomic mass is 19.4. The molecule has 3 amide bonds. The monoisotopic (exact) mass is 622 g/mol. The molecule has 11 heteroatoms. The van der Waals surface area contributed by atoms with E-state index in [-0.39, 0.29) is 24.1 Å². The molecule has 2 heterocycles. The number of ether oxygens (including phenoxy) is 1. The molecule has 0 aliphatic carbocycles. The van der Waals surface area contributed by atoms with Gasteiger partial charge in [0.25, 0.3) is 5.91 Å². The summed E-state index contributed by atoms with van der Waals surface area (Å²) in [6, 6.07) is 13.4. The molecule has 4 rings (SSSR count). The maximum absolute atomic E-state index is 13.6. The van der Waals surface area contributed by atoms with E-state index in [1.807, 2.05) is 12.1 Å². The Morgan fingerprint density at radius 2 is 1.71 bits per heavy atom. The molecule has 0 saturated heterocycles. The van der Waals surface area contributed by atoms with E-state index in [0.29, 0.717) is 36.2 Å². The molecule has 2 aromatic carbocycles. The molecule has 2 N–H and O–H groups in total. The van der Waals surface area contributed by atoms with Gasteiger partial charge in [-0.1, -0.05) is 36.4 Å². The lowest BCUT2D eigenvalue weighted by molar-refractivity contribution is -0.137. The first kappa shape index (κ1) is 33.2. The zero-order chi connectivity index (χ0) is 32.9. The van der Waals surface area contributed by atoms with Gasteiger partial charge >= 0.3 is 12.3 Å². The summed E-state index contributed by atoms with van der Waals surface area (Å²) < 4.78 is 46.0. The summed E-state index contributed by atoms with van der Waals surface area (Å²) in [5.74, 6) is -0.351. The van der Waals surface area contributed by atoms with E-state index in [0.717, 1.165) is 28.8 Å². The van der Waals surface area contributed by atoms with Crippen LogP contribution in [0.25, 0.3) is 16.7 Å². The van der Waals surface area contributed by atoms with Crippen molar-refractivity contribution in [3.8, 4) is 11.1 Å². The van der Waals surface area contributed by atoms with Gasteiger partial charge in [-0.05, 0) is 91.8 Å². The van der Waals surface area contributed by atoms with Gasteiger partial charge in [0.2, 0.25) is 5.91 Å². The van der Waals surface area contributed by atoms with Crippen LogP contribution in [-0.2, 0) is 22.3 Å². The lowest BCUT2D eigenvalue weighted by Crippen LogP contribution is -2.32. The van der Waals surface area contributed by atoms with E-state index in [4.69, 9.17) is 4.74 Å². The highest BCUT2D eigenvalue weighted by molar-refractivity contribution is 5.93. The number of pyridine rings is 1. The minimum absolute atomic E-state index is 0.0209. The van der Waals surface area contributed by atoms with E-state index in [9.17, 15) is 27.6 Å². The smallest absolute Gasteiger partial charge is 0.416 e. The number of hydrogen-bond donors (Lipinski definition) is 2. The van der Waals surface area contributed by atoms with Crippen molar-refractivity contribution in [2.24, 2.45) is 0 Å². The number of nitrogens with zero attached hydrogens (tertiary/aromatic N) is 2. The Labute approximate surface area is 260 Å². The third kappa shape index (κ3) is 8.93. The molecule has 1 atom stereocenters. The van der Waals surface area contributed by atoms with Gasteiger partial charge in [-0.15, -0.1) is 0 Å². The first-order valence-corrected chi connectivity index (χ1v) is 14.6. The molecule has 8 nitrogen and oxygen atoms in total. The van der Waals surface area contributed by atoms with E-state index < -0.39 is 29.5 Å². The van der Waals surface area contributed by atoms with Gasteiger partial charge in [-0.3, -0.25) is 14.6 Å². The second-order valence-corrected chi connectivity index (χ2v) is 11.9. The minimum Gasteiger partial charge on any atom is -0.444 e. The number of amides is 3. The number of alkyl halides is 3. The highest BCUT2D eigenvalue weighted by Crippen LogP contribution is 2.34. The van der Waals surface area contributed by atoms with Crippen LogP contribution in [0.2, 0.25) is 0 Å². The zero-order valence-corrected chi connectivity index (χ0v) is 25.9. The van der Waals surface area contributed by atoms with Gasteiger partial charge in [-0.2, -0.15) is 13.2 Å². The molecule has 0 fully saturated rings. The summed E-state index contributed by atoms with van der Waals surface area (Å²) in [4.78, 5) is 42.9. The van der Waals surface area contributed by atoms with Gasteiger partial charge < -0.3 is 20.3 Å². The molecule has 0 saturated carbocycles. The zero-order valence-electron chi connectivity index (χ0n) is 25.9. The fourth-order valence-electron chi connectivity index (χ4n) is 4.93. The molecule has 0 bridgehead atoms. The third-order valence-corrected chi connectivity index (χ3v) is 7.35. The van der Waals surface area contributed by atoms with Gasteiger partial charge in [-0.25, -0.2) is 4.79 Å². The van der Waals surface area contributed by atoms with Crippen LogP contribution in [0, 0.1) is 0 Å². The Bertz CT molecular complexity index is 1590. The summed E-state index contributed by atoms with van der Waals surface area (Å²) in [6.45, 7) is 9.59. The Balaban J connectivity index is 1.48. The van der Waals surface area contributed by atoms with Gasteiger partial charge in [0.15, 0.2) is 0 Å². The van der Waals surface area contributed by atoms with Gasteiger partial charge in [0.1, 0.15) is 11.3 Å². The van der Waals surface area contributed by atoms with Gasteiger partial charge in [0.05, 0.1) is 11.6 Å². The molecule has 45 heavy (non-hydrogen) atoms. The van der Waals surface area contributed by atoms with Crippen LogP contribution in [-0.4, -0.2) is 46.5 Å². The predicted octanol–water partition coefficient (Wildman–Crippen LogP) is 6.92. The summed E-state index contributed by atoms with van der Waals surface area (Å²) in [7, 11) is 0. The number of carbonyl (C=O) groups excluding carboxylic acids is 3.